The van der Waals surface area contributed by atoms with Crippen molar-refractivity contribution in [3.8, 4) is 11.5 Å². The molecule has 0 fully saturated rings. The Kier molecular flexibility index (Phi) is 5.21. The summed E-state index contributed by atoms with van der Waals surface area (Å²) in [6, 6.07) is 3.69. The first-order chi connectivity index (χ1) is 10.2. The minimum atomic E-state index is 0.502. The van der Waals surface area contributed by atoms with Crippen LogP contribution in [0, 0.1) is 0 Å². The average molecular weight is 312 g/mol. The fourth-order valence-electron chi connectivity index (χ4n) is 1.95. The summed E-state index contributed by atoms with van der Waals surface area (Å²) < 4.78 is 12.2. The predicted molar refractivity (Wildman–Crippen MR) is 80.0 cm³/mol. The quantitative estimate of drug-likeness (QED) is 0.846. The summed E-state index contributed by atoms with van der Waals surface area (Å²) in [5.74, 6) is 1.75. The number of nitrogens with one attached hydrogen (secondary N) is 1. The van der Waals surface area contributed by atoms with E-state index in [4.69, 9.17) is 21.1 Å². The van der Waals surface area contributed by atoms with Gasteiger partial charge in [0, 0.05) is 13.1 Å². The summed E-state index contributed by atoms with van der Waals surface area (Å²) in [7, 11) is 3.13. The zero-order valence-electron chi connectivity index (χ0n) is 12.3. The Hall–Kier alpha value is -2.02. The molecule has 1 heterocycles. The molecule has 0 saturated heterocycles. The van der Waals surface area contributed by atoms with E-state index in [0.717, 1.165) is 18.5 Å². The van der Waals surface area contributed by atoms with Crippen molar-refractivity contribution in [2.75, 3.05) is 19.5 Å². The minimum absolute atomic E-state index is 0.502. The molecule has 21 heavy (non-hydrogen) atoms. The largest absolute Gasteiger partial charge is 0.493 e. The van der Waals surface area contributed by atoms with Crippen LogP contribution in [0.2, 0.25) is 5.02 Å². The molecule has 0 aliphatic rings. The maximum atomic E-state index is 6.18. The molecule has 1 aromatic heterocycles. The van der Waals surface area contributed by atoms with Crippen molar-refractivity contribution in [3.63, 3.8) is 0 Å². The van der Waals surface area contributed by atoms with Gasteiger partial charge in [-0.1, -0.05) is 23.6 Å². The number of methoxy groups -OCH3 is 2. The number of anilines is 1. The number of benzene rings is 1. The van der Waals surface area contributed by atoms with Crippen LogP contribution in [-0.4, -0.2) is 34.4 Å². The molecule has 8 heteroatoms. The normalized spacial score (nSPS) is 10.5. The van der Waals surface area contributed by atoms with Crippen LogP contribution in [-0.2, 0) is 13.1 Å². The fourth-order valence-corrected chi connectivity index (χ4v) is 2.26. The van der Waals surface area contributed by atoms with Crippen molar-refractivity contribution >= 4 is 17.5 Å². The minimum Gasteiger partial charge on any atom is -0.493 e. The molecule has 0 saturated carbocycles. The van der Waals surface area contributed by atoms with Crippen molar-refractivity contribution in [2.45, 2.75) is 26.4 Å². The smallest absolute Gasteiger partial charge is 0.243 e. The molecule has 0 bridgehead atoms. The van der Waals surface area contributed by atoms with E-state index in [2.05, 4.69) is 27.8 Å². The Bertz CT molecular complexity index is 602. The molecule has 1 N–H and O–H groups in total. The second-order valence-electron chi connectivity index (χ2n) is 4.39. The lowest BCUT2D eigenvalue weighted by Crippen LogP contribution is -2.09. The third kappa shape index (κ3) is 3.55. The second-order valence-corrected chi connectivity index (χ2v) is 4.80. The fraction of sp³-hybridized carbons (Fsp3) is 0.462. The summed E-state index contributed by atoms with van der Waals surface area (Å²) in [6.45, 7) is 3.37. The highest BCUT2D eigenvalue weighted by Crippen LogP contribution is 2.36. The van der Waals surface area contributed by atoms with E-state index in [1.54, 1.807) is 18.9 Å². The van der Waals surface area contributed by atoms with Gasteiger partial charge in [0.1, 0.15) is 0 Å². The number of tetrazole rings is 1. The zero-order valence-corrected chi connectivity index (χ0v) is 13.0. The molecule has 0 amide bonds. The van der Waals surface area contributed by atoms with Gasteiger partial charge in [0.2, 0.25) is 5.95 Å². The molecule has 0 spiro atoms. The first-order valence-corrected chi connectivity index (χ1v) is 6.97. The lowest BCUT2D eigenvalue weighted by Gasteiger charge is -2.12. The first kappa shape index (κ1) is 15.4. The lowest BCUT2D eigenvalue weighted by atomic mass is 10.2. The predicted octanol–water partition coefficient (Wildman–Crippen LogP) is 2.37. The van der Waals surface area contributed by atoms with Crippen LogP contribution in [0.1, 0.15) is 18.9 Å². The molecule has 0 radical (unpaired) electrons. The van der Waals surface area contributed by atoms with Crippen LogP contribution >= 0.6 is 11.6 Å². The van der Waals surface area contributed by atoms with Gasteiger partial charge < -0.3 is 14.8 Å². The Morgan fingerprint density at radius 1 is 1.29 bits per heavy atom. The van der Waals surface area contributed by atoms with Crippen molar-refractivity contribution < 1.29 is 9.47 Å². The van der Waals surface area contributed by atoms with Crippen LogP contribution in [0.3, 0.4) is 0 Å². The van der Waals surface area contributed by atoms with Crippen LogP contribution in [0.4, 0.5) is 5.95 Å². The Labute approximate surface area is 128 Å². The Balaban J connectivity index is 2.13. The van der Waals surface area contributed by atoms with Gasteiger partial charge >= 0.3 is 0 Å². The Morgan fingerprint density at radius 3 is 2.76 bits per heavy atom. The van der Waals surface area contributed by atoms with E-state index in [1.807, 2.05) is 12.1 Å². The van der Waals surface area contributed by atoms with Crippen molar-refractivity contribution in [3.05, 3.63) is 22.7 Å². The van der Waals surface area contributed by atoms with E-state index in [0.29, 0.717) is 29.0 Å². The second kappa shape index (κ2) is 7.12. The molecule has 2 aromatic rings. The first-order valence-electron chi connectivity index (χ1n) is 6.60. The molecule has 2 rings (SSSR count). The van der Waals surface area contributed by atoms with Crippen LogP contribution < -0.4 is 14.8 Å². The number of hydrogen-bond donors (Lipinski definition) is 1. The monoisotopic (exact) mass is 311 g/mol. The van der Waals surface area contributed by atoms with Gasteiger partial charge in [-0.15, -0.1) is 0 Å². The van der Waals surface area contributed by atoms with Gasteiger partial charge in [0.05, 0.1) is 19.2 Å². The van der Waals surface area contributed by atoms with Crippen molar-refractivity contribution in [2.24, 2.45) is 0 Å². The van der Waals surface area contributed by atoms with Crippen LogP contribution in [0.25, 0.3) is 0 Å². The molecule has 0 atom stereocenters. The van der Waals surface area contributed by atoms with Gasteiger partial charge in [0.15, 0.2) is 11.5 Å². The van der Waals surface area contributed by atoms with Gasteiger partial charge in [-0.05, 0) is 34.5 Å². The summed E-state index contributed by atoms with van der Waals surface area (Å²) in [5, 5.41) is 15.2. The van der Waals surface area contributed by atoms with E-state index in [9.17, 15) is 0 Å². The van der Waals surface area contributed by atoms with E-state index >= 15 is 0 Å². The summed E-state index contributed by atoms with van der Waals surface area (Å²) >= 11 is 6.18. The van der Waals surface area contributed by atoms with Gasteiger partial charge in [-0.25, -0.2) is 4.68 Å². The zero-order chi connectivity index (χ0) is 15.2. The molecular weight excluding hydrogens is 294 g/mol. The number of halogens is 1. The van der Waals surface area contributed by atoms with E-state index in [-0.39, 0.29) is 0 Å². The molecule has 114 valence electrons. The number of aryl methyl sites for hydroxylation is 1. The number of ether oxygens (including phenoxy) is 2. The third-order valence-electron chi connectivity index (χ3n) is 2.91. The highest BCUT2D eigenvalue weighted by Gasteiger charge is 2.11. The number of rotatable bonds is 7. The number of aromatic nitrogens is 4. The molecule has 0 aliphatic heterocycles. The maximum absolute atomic E-state index is 6.18. The standard InChI is InChI=1S/C13H18ClN5O2/c1-4-5-19-13(16-17-18-19)15-8-9-6-10(14)12(21-3)11(7-9)20-2/h6-7H,4-5,8H2,1-3H3,(H,15,16,18). The number of hydrogen-bond acceptors (Lipinski definition) is 6. The number of nitrogens with zero attached hydrogens (tertiary/aromatic N) is 4. The van der Waals surface area contributed by atoms with E-state index < -0.39 is 0 Å². The highest BCUT2D eigenvalue weighted by atomic mass is 35.5. The molecule has 7 nitrogen and oxygen atoms in total. The summed E-state index contributed by atoms with van der Waals surface area (Å²) in [6.07, 6.45) is 0.960. The average Bonchev–Trinajstić information content (AvgIpc) is 2.92. The third-order valence-corrected chi connectivity index (χ3v) is 3.19. The summed E-state index contributed by atoms with van der Waals surface area (Å²) in [4.78, 5) is 0. The highest BCUT2D eigenvalue weighted by molar-refractivity contribution is 6.32. The lowest BCUT2D eigenvalue weighted by molar-refractivity contribution is 0.355. The van der Waals surface area contributed by atoms with Crippen LogP contribution in [0.5, 0.6) is 11.5 Å². The molecular formula is C13H18ClN5O2. The topological polar surface area (TPSA) is 74.1 Å². The van der Waals surface area contributed by atoms with Crippen molar-refractivity contribution in [1.82, 2.24) is 20.2 Å². The Morgan fingerprint density at radius 2 is 2.10 bits per heavy atom. The van der Waals surface area contributed by atoms with E-state index in [1.165, 1.54) is 0 Å². The van der Waals surface area contributed by atoms with Crippen LogP contribution in [0.15, 0.2) is 12.1 Å². The maximum Gasteiger partial charge on any atom is 0.243 e. The summed E-state index contributed by atoms with van der Waals surface area (Å²) in [5.41, 5.74) is 0.948. The molecule has 0 aliphatic carbocycles. The van der Waals surface area contributed by atoms with Gasteiger partial charge in [-0.2, -0.15) is 0 Å². The van der Waals surface area contributed by atoms with Crippen molar-refractivity contribution in [1.29, 1.82) is 0 Å². The van der Waals surface area contributed by atoms with Gasteiger partial charge in [-0.3, -0.25) is 0 Å². The molecule has 1 aromatic carbocycles. The van der Waals surface area contributed by atoms with Gasteiger partial charge in [0.25, 0.3) is 0 Å². The molecule has 0 unspecified atom stereocenters. The SMILES string of the molecule is CCCn1nnnc1NCc1cc(Cl)c(OC)c(OC)c1.